The van der Waals surface area contributed by atoms with Crippen molar-refractivity contribution in [3.05, 3.63) is 57.5 Å². The molecule has 7 nitrogen and oxygen atoms in total. The molecule has 0 saturated carbocycles. The lowest BCUT2D eigenvalue weighted by Crippen LogP contribution is -2.29. The number of carbonyl (C=O) groups is 1. The van der Waals surface area contributed by atoms with Crippen molar-refractivity contribution in [2.75, 3.05) is 19.0 Å². The molecule has 1 atom stereocenters. The van der Waals surface area contributed by atoms with Crippen LogP contribution in [0.4, 0.5) is 4.39 Å². The van der Waals surface area contributed by atoms with Gasteiger partial charge in [0.25, 0.3) is 11.5 Å². The molecule has 2 aromatic rings. The van der Waals surface area contributed by atoms with Crippen LogP contribution in [-0.4, -0.2) is 40.0 Å². The molecule has 0 fully saturated rings. The van der Waals surface area contributed by atoms with Crippen molar-refractivity contribution in [1.29, 1.82) is 0 Å². The van der Waals surface area contributed by atoms with E-state index in [0.717, 1.165) is 0 Å². The number of H-pyrrole nitrogens is 1. The van der Waals surface area contributed by atoms with Gasteiger partial charge in [0.05, 0.1) is 0 Å². The second-order valence-electron chi connectivity index (χ2n) is 5.75. The summed E-state index contributed by atoms with van der Waals surface area (Å²) >= 11 is 5.59. The smallest absolute Gasteiger partial charge is 0.293 e. The highest BCUT2D eigenvalue weighted by atomic mass is 35.5. The van der Waals surface area contributed by atoms with E-state index in [1.807, 2.05) is 6.92 Å². The summed E-state index contributed by atoms with van der Waals surface area (Å²) in [6.45, 7) is 3.02. The number of hydrogen-bond acceptors (Lipinski definition) is 5. The van der Waals surface area contributed by atoms with Gasteiger partial charge in [-0.15, -0.1) is 11.6 Å². The molecule has 0 saturated heterocycles. The Morgan fingerprint density at radius 2 is 2.08 bits per heavy atom. The quantitative estimate of drug-likeness (QED) is 0.408. The van der Waals surface area contributed by atoms with E-state index in [1.165, 1.54) is 24.3 Å². The number of aromatic amines is 1. The molecule has 26 heavy (non-hydrogen) atoms. The van der Waals surface area contributed by atoms with Crippen LogP contribution in [0.5, 0.6) is 5.75 Å². The van der Waals surface area contributed by atoms with Crippen LogP contribution in [0.3, 0.4) is 0 Å². The molecule has 0 spiro atoms. The van der Waals surface area contributed by atoms with E-state index in [2.05, 4.69) is 20.6 Å². The number of aromatic nitrogens is 2. The number of carbonyl (C=O) groups excluding carboxylic acids is 1. The maximum absolute atomic E-state index is 12.9. The lowest BCUT2D eigenvalue weighted by atomic mass is 10.1. The van der Waals surface area contributed by atoms with Crippen LogP contribution in [0.15, 0.2) is 29.1 Å². The maximum atomic E-state index is 12.9. The van der Waals surface area contributed by atoms with E-state index < -0.39 is 17.2 Å². The van der Waals surface area contributed by atoms with Crippen molar-refractivity contribution in [3.63, 3.8) is 0 Å². The zero-order chi connectivity index (χ0) is 19.1. The fourth-order valence-corrected chi connectivity index (χ4v) is 2.36. The van der Waals surface area contributed by atoms with Crippen molar-refractivity contribution in [1.82, 2.24) is 20.6 Å². The summed E-state index contributed by atoms with van der Waals surface area (Å²) in [7, 11) is 0. The minimum Gasteiger partial charge on any atom is -0.501 e. The number of aromatic hydroxyl groups is 1. The lowest BCUT2D eigenvalue weighted by molar-refractivity contribution is 0.0942. The summed E-state index contributed by atoms with van der Waals surface area (Å²) < 4.78 is 12.9. The Morgan fingerprint density at radius 1 is 1.38 bits per heavy atom. The number of nitrogens with zero attached hydrogens (tertiary/aromatic N) is 1. The van der Waals surface area contributed by atoms with Crippen LogP contribution >= 0.6 is 11.6 Å². The third-order valence-corrected chi connectivity index (χ3v) is 3.87. The first-order chi connectivity index (χ1) is 12.4. The zero-order valence-corrected chi connectivity index (χ0v) is 14.9. The summed E-state index contributed by atoms with van der Waals surface area (Å²) in [4.78, 5) is 30.8. The Hall–Kier alpha value is -2.45. The minimum absolute atomic E-state index is 0.106. The molecule has 0 radical (unpaired) electrons. The van der Waals surface area contributed by atoms with Gasteiger partial charge in [-0.2, -0.15) is 0 Å². The van der Waals surface area contributed by atoms with Crippen LogP contribution in [0, 0.1) is 5.82 Å². The summed E-state index contributed by atoms with van der Waals surface area (Å²) in [6.07, 6.45) is 0. The van der Waals surface area contributed by atoms with E-state index in [1.54, 1.807) is 0 Å². The Bertz CT molecular complexity index is 811. The molecular formula is C17H20ClFN4O3. The second kappa shape index (κ2) is 9.30. The molecule has 1 aromatic heterocycles. The molecule has 0 aliphatic rings. The number of halogens is 2. The molecule has 1 unspecified atom stereocenters. The number of amides is 1. The van der Waals surface area contributed by atoms with Gasteiger partial charge >= 0.3 is 0 Å². The topological polar surface area (TPSA) is 107 Å². The molecule has 1 heterocycles. The predicted octanol–water partition coefficient (Wildman–Crippen LogP) is 1.48. The molecule has 140 valence electrons. The van der Waals surface area contributed by atoms with Gasteiger partial charge in [-0.1, -0.05) is 19.1 Å². The maximum Gasteiger partial charge on any atom is 0.293 e. The van der Waals surface area contributed by atoms with Crippen molar-refractivity contribution >= 4 is 17.5 Å². The minimum atomic E-state index is -0.786. The SMILES string of the molecule is CC(CNCCCl)c1nc(C(=O)NCc2ccc(F)cc2)c(O)c(=O)[nH]1. The van der Waals surface area contributed by atoms with Gasteiger partial charge in [-0.05, 0) is 17.7 Å². The third kappa shape index (κ3) is 5.27. The van der Waals surface area contributed by atoms with Crippen molar-refractivity contribution in [3.8, 4) is 5.75 Å². The first kappa shape index (κ1) is 19.9. The Labute approximate surface area is 154 Å². The van der Waals surface area contributed by atoms with Gasteiger partial charge in [-0.3, -0.25) is 9.59 Å². The zero-order valence-electron chi connectivity index (χ0n) is 14.2. The molecule has 2 rings (SSSR count). The second-order valence-corrected chi connectivity index (χ2v) is 6.13. The number of benzene rings is 1. The van der Waals surface area contributed by atoms with Crippen LogP contribution in [0.2, 0.25) is 0 Å². The average molecular weight is 383 g/mol. The Balaban J connectivity index is 2.12. The molecule has 9 heteroatoms. The standard InChI is InChI=1S/C17H20ClFN4O3/c1-10(8-20-7-6-18)15-22-13(14(24)17(26)23-15)16(25)21-9-11-2-4-12(19)5-3-11/h2-5,10,20,24H,6-9H2,1H3,(H,21,25)(H,22,23,26). The fraction of sp³-hybridized carbons (Fsp3) is 0.353. The number of alkyl halides is 1. The predicted molar refractivity (Wildman–Crippen MR) is 96.1 cm³/mol. The van der Waals surface area contributed by atoms with Gasteiger partial charge in [-0.25, -0.2) is 9.37 Å². The highest BCUT2D eigenvalue weighted by Gasteiger charge is 2.20. The fourth-order valence-electron chi connectivity index (χ4n) is 2.23. The van der Waals surface area contributed by atoms with Crippen molar-refractivity contribution in [2.24, 2.45) is 0 Å². The van der Waals surface area contributed by atoms with E-state index in [4.69, 9.17) is 11.6 Å². The van der Waals surface area contributed by atoms with Gasteiger partial charge in [0.2, 0.25) is 5.75 Å². The number of hydrogen-bond donors (Lipinski definition) is 4. The van der Waals surface area contributed by atoms with Gasteiger partial charge < -0.3 is 20.7 Å². The normalized spacial score (nSPS) is 12.0. The first-order valence-electron chi connectivity index (χ1n) is 8.05. The van der Waals surface area contributed by atoms with E-state index in [0.29, 0.717) is 24.5 Å². The van der Waals surface area contributed by atoms with E-state index >= 15 is 0 Å². The lowest BCUT2D eigenvalue weighted by Gasteiger charge is -2.13. The summed E-state index contributed by atoms with van der Waals surface area (Å²) in [6, 6.07) is 5.60. The highest BCUT2D eigenvalue weighted by Crippen LogP contribution is 2.13. The van der Waals surface area contributed by atoms with Crippen molar-refractivity contribution in [2.45, 2.75) is 19.4 Å². The molecule has 0 bridgehead atoms. The average Bonchev–Trinajstić information content (AvgIpc) is 2.63. The molecule has 0 aliphatic heterocycles. The number of rotatable bonds is 8. The van der Waals surface area contributed by atoms with Gasteiger partial charge in [0.1, 0.15) is 11.6 Å². The molecule has 0 aliphatic carbocycles. The molecule has 1 amide bonds. The third-order valence-electron chi connectivity index (χ3n) is 3.68. The van der Waals surface area contributed by atoms with Crippen LogP contribution in [0.25, 0.3) is 0 Å². The molecule has 1 aromatic carbocycles. The molecule has 4 N–H and O–H groups in total. The van der Waals surface area contributed by atoms with Gasteiger partial charge in [0, 0.05) is 31.4 Å². The summed E-state index contributed by atoms with van der Waals surface area (Å²) in [5.41, 5.74) is -0.468. The summed E-state index contributed by atoms with van der Waals surface area (Å²) in [5.74, 6) is -1.29. The van der Waals surface area contributed by atoms with Crippen LogP contribution in [0.1, 0.15) is 34.7 Å². The van der Waals surface area contributed by atoms with Crippen LogP contribution in [-0.2, 0) is 6.54 Å². The summed E-state index contributed by atoms with van der Waals surface area (Å²) in [5, 5.41) is 15.5. The first-order valence-corrected chi connectivity index (χ1v) is 8.58. The molecular weight excluding hydrogens is 363 g/mol. The number of nitrogens with one attached hydrogen (secondary N) is 3. The van der Waals surface area contributed by atoms with Gasteiger partial charge in [0.15, 0.2) is 5.69 Å². The van der Waals surface area contributed by atoms with Crippen molar-refractivity contribution < 1.29 is 14.3 Å². The van der Waals surface area contributed by atoms with E-state index in [-0.39, 0.29) is 29.8 Å². The highest BCUT2D eigenvalue weighted by molar-refractivity contribution is 6.18. The Kier molecular flexibility index (Phi) is 7.11. The van der Waals surface area contributed by atoms with Crippen LogP contribution < -0.4 is 16.2 Å². The largest absolute Gasteiger partial charge is 0.501 e. The van der Waals surface area contributed by atoms with E-state index in [9.17, 15) is 19.1 Å². The monoisotopic (exact) mass is 382 g/mol. The Morgan fingerprint density at radius 3 is 2.73 bits per heavy atom.